The number of carbonyl (C=O) groups is 1. The number of H-pyrrole nitrogens is 3. The fourth-order valence-electron chi connectivity index (χ4n) is 6.41. The Morgan fingerprint density at radius 3 is 1.22 bits per heavy atom. The van der Waals surface area contributed by atoms with Gasteiger partial charge in [-0.3, -0.25) is 0 Å². The number of halogens is 10. The zero-order chi connectivity index (χ0) is 38.3. The lowest BCUT2D eigenvalue weighted by Crippen LogP contribution is -2.05. The van der Waals surface area contributed by atoms with Crippen molar-refractivity contribution in [3.8, 4) is 33.4 Å². The molecule has 0 fully saturated rings. The van der Waals surface area contributed by atoms with Gasteiger partial charge in [-0.05, 0) is 66.2 Å². The van der Waals surface area contributed by atoms with Gasteiger partial charge in [-0.25, -0.2) is 53.7 Å². The van der Waals surface area contributed by atoms with Crippen LogP contribution >= 0.6 is 0 Å². The van der Waals surface area contributed by atoms with Gasteiger partial charge in [0.1, 0.15) is 0 Å². The maximum atomic E-state index is 15.5. The molecule has 5 heterocycles. The zero-order valence-electron chi connectivity index (χ0n) is 26.5. The van der Waals surface area contributed by atoms with Crippen LogP contribution in [0.1, 0.15) is 21.7 Å². The third kappa shape index (κ3) is 5.12. The second-order valence-electron chi connectivity index (χ2n) is 12.0. The summed E-state index contributed by atoms with van der Waals surface area (Å²) in [6.07, 6.45) is 2.49. The Kier molecular flexibility index (Phi) is 7.86. The second kappa shape index (κ2) is 12.4. The number of aromatic nitrogens is 4. The summed E-state index contributed by atoms with van der Waals surface area (Å²) in [5.74, 6) is -23.5. The van der Waals surface area contributed by atoms with Crippen molar-refractivity contribution in [3.05, 3.63) is 136 Å². The van der Waals surface area contributed by atoms with Crippen molar-refractivity contribution in [2.75, 3.05) is 0 Å². The molecular weight excluding hydrogens is 734 g/mol. The fourth-order valence-corrected chi connectivity index (χ4v) is 6.41. The predicted octanol–water partition coefficient (Wildman–Crippen LogP) is 10.8. The van der Waals surface area contributed by atoms with Gasteiger partial charge in [0.2, 0.25) is 11.6 Å². The van der Waals surface area contributed by atoms with Crippen molar-refractivity contribution in [2.24, 2.45) is 0 Å². The van der Waals surface area contributed by atoms with Gasteiger partial charge in [0, 0.05) is 44.3 Å². The SMILES string of the molecule is O=C(O)c1ccc(-c2c3ccc([nH]3)c(-c3c(F)c(F)c(F)c(F)c3F)c3nc(c4ccc([nH]4)c(-c4c(F)c(F)c(F)c(F)c4F)c4ccc2[nH]4)C=C3)cc1. The van der Waals surface area contributed by atoms with E-state index < -0.39 is 86.4 Å². The highest BCUT2D eigenvalue weighted by Crippen LogP contribution is 2.40. The van der Waals surface area contributed by atoms with Gasteiger partial charge in [-0.15, -0.1) is 0 Å². The molecule has 1 aliphatic rings. The van der Waals surface area contributed by atoms with E-state index in [0.29, 0.717) is 0 Å². The van der Waals surface area contributed by atoms with Crippen LogP contribution in [0.2, 0.25) is 0 Å². The predicted molar refractivity (Wildman–Crippen MR) is 178 cm³/mol. The normalized spacial score (nSPS) is 12.0. The molecule has 1 aliphatic heterocycles. The van der Waals surface area contributed by atoms with Crippen LogP contribution in [0, 0.1) is 58.2 Å². The van der Waals surface area contributed by atoms with Gasteiger partial charge in [-0.1, -0.05) is 12.1 Å². The smallest absolute Gasteiger partial charge is 0.335 e. The number of benzene rings is 3. The minimum absolute atomic E-state index is 0.0195. The number of hydrogen-bond acceptors (Lipinski definition) is 2. The molecule has 3 aromatic carbocycles. The van der Waals surface area contributed by atoms with Crippen LogP contribution in [0.4, 0.5) is 43.9 Å². The molecule has 0 radical (unpaired) electrons. The summed E-state index contributed by atoms with van der Waals surface area (Å²) in [6.45, 7) is 0. The van der Waals surface area contributed by atoms with Crippen molar-refractivity contribution in [2.45, 2.75) is 0 Å². The molecule has 0 saturated carbocycles. The van der Waals surface area contributed by atoms with Crippen LogP contribution in [-0.2, 0) is 0 Å². The number of aromatic amines is 3. The zero-order valence-corrected chi connectivity index (χ0v) is 26.5. The van der Waals surface area contributed by atoms with E-state index in [1.165, 1.54) is 72.8 Å². The van der Waals surface area contributed by atoms with Crippen LogP contribution in [-0.4, -0.2) is 31.0 Å². The van der Waals surface area contributed by atoms with E-state index >= 15 is 17.6 Å². The summed E-state index contributed by atoms with van der Waals surface area (Å²) in [4.78, 5) is 24.6. The molecule has 16 heteroatoms. The fraction of sp³-hybridized carbons (Fsp3) is 0. The summed E-state index contributed by atoms with van der Waals surface area (Å²) >= 11 is 0. The molecule has 8 rings (SSSR count). The Morgan fingerprint density at radius 2 is 0.759 bits per heavy atom. The number of nitrogens with one attached hydrogen (secondary N) is 3. The largest absolute Gasteiger partial charge is 0.478 e. The van der Waals surface area contributed by atoms with E-state index in [0.717, 1.165) is 0 Å². The first-order chi connectivity index (χ1) is 25.8. The van der Waals surface area contributed by atoms with Crippen molar-refractivity contribution < 1.29 is 53.8 Å². The van der Waals surface area contributed by atoms with Gasteiger partial charge < -0.3 is 20.1 Å². The van der Waals surface area contributed by atoms with E-state index in [1.54, 1.807) is 0 Å². The molecule has 0 saturated heterocycles. The molecule has 270 valence electrons. The lowest BCUT2D eigenvalue weighted by Gasteiger charge is -2.10. The standard InChI is InChI=1S/C38H16F10N4O2/c39-28-26(29(40)33(44)36(47)32(28)43)24-19-7-5-15(49-19)16-6-8-20(50-16)25(27-30(41)34(45)37(48)35(46)31(27)42)22-12-10-18(52-22)23(17-9-11-21(24)51-17)13-1-3-14(4-2-13)38(53)54/h1-12,49,51-52H,(H,53,54). The Hall–Kier alpha value is -6.84. The van der Waals surface area contributed by atoms with Crippen molar-refractivity contribution in [1.82, 2.24) is 19.9 Å². The van der Waals surface area contributed by atoms with Crippen LogP contribution in [0.3, 0.4) is 0 Å². The van der Waals surface area contributed by atoms with E-state index in [1.807, 2.05) is 0 Å². The Morgan fingerprint density at radius 1 is 0.407 bits per heavy atom. The summed E-state index contributed by atoms with van der Waals surface area (Å²) < 4.78 is 149. The number of nitrogens with zero attached hydrogens (tertiary/aromatic N) is 1. The van der Waals surface area contributed by atoms with Gasteiger partial charge in [0.05, 0.1) is 33.6 Å². The highest BCUT2D eigenvalue weighted by atomic mass is 19.2. The van der Waals surface area contributed by atoms with Gasteiger partial charge in [0.15, 0.2) is 46.5 Å². The molecule has 6 nitrogen and oxygen atoms in total. The first-order valence-electron chi connectivity index (χ1n) is 15.5. The van der Waals surface area contributed by atoms with Crippen molar-refractivity contribution >= 4 is 51.2 Å². The van der Waals surface area contributed by atoms with Crippen molar-refractivity contribution in [1.29, 1.82) is 0 Å². The van der Waals surface area contributed by atoms with E-state index in [-0.39, 0.29) is 61.2 Å². The number of aromatic carboxylic acids is 1. The van der Waals surface area contributed by atoms with E-state index in [4.69, 9.17) is 0 Å². The van der Waals surface area contributed by atoms with Crippen LogP contribution in [0.5, 0.6) is 0 Å². The lowest BCUT2D eigenvalue weighted by atomic mass is 10.0. The number of carboxylic acid groups (broad SMARTS) is 1. The molecule has 0 atom stereocenters. The molecule has 0 unspecified atom stereocenters. The second-order valence-corrected chi connectivity index (χ2v) is 12.0. The van der Waals surface area contributed by atoms with Crippen LogP contribution in [0.25, 0.3) is 78.6 Å². The number of rotatable bonds is 4. The maximum absolute atomic E-state index is 15.5. The van der Waals surface area contributed by atoms with E-state index in [2.05, 4.69) is 19.9 Å². The molecule has 8 bridgehead atoms. The average molecular weight is 751 g/mol. The molecule has 54 heavy (non-hydrogen) atoms. The number of fused-ring (bicyclic) bond motifs is 9. The van der Waals surface area contributed by atoms with Gasteiger partial charge in [-0.2, -0.15) is 0 Å². The Labute approximate surface area is 294 Å². The Balaban J connectivity index is 1.59. The first-order valence-corrected chi connectivity index (χ1v) is 15.5. The lowest BCUT2D eigenvalue weighted by molar-refractivity contribution is 0.0697. The molecule has 4 aromatic heterocycles. The highest BCUT2D eigenvalue weighted by Gasteiger charge is 2.31. The van der Waals surface area contributed by atoms with Gasteiger partial charge in [0.25, 0.3) is 0 Å². The highest BCUT2D eigenvalue weighted by molar-refractivity contribution is 6.01. The first kappa shape index (κ1) is 34.3. The third-order valence-electron chi connectivity index (χ3n) is 8.92. The summed E-state index contributed by atoms with van der Waals surface area (Å²) in [7, 11) is 0. The van der Waals surface area contributed by atoms with E-state index in [9.17, 15) is 36.2 Å². The quantitative estimate of drug-likeness (QED) is 0.0819. The van der Waals surface area contributed by atoms with Crippen LogP contribution < -0.4 is 0 Å². The maximum Gasteiger partial charge on any atom is 0.335 e. The minimum atomic E-state index is -2.39. The summed E-state index contributed by atoms with van der Waals surface area (Å²) in [6, 6.07) is 13.1. The third-order valence-corrected chi connectivity index (χ3v) is 8.92. The summed E-state index contributed by atoms with van der Waals surface area (Å²) in [5.41, 5.74) is -4.08. The minimum Gasteiger partial charge on any atom is -0.478 e. The average Bonchev–Trinajstić information content (AvgIpc) is 4.00. The molecule has 0 aliphatic carbocycles. The Bertz CT molecular complexity index is 2870. The monoisotopic (exact) mass is 750 g/mol. The number of hydrogen-bond donors (Lipinski definition) is 4. The topological polar surface area (TPSA) is 97.6 Å². The molecule has 4 N–H and O–H groups in total. The van der Waals surface area contributed by atoms with Crippen molar-refractivity contribution in [3.63, 3.8) is 0 Å². The van der Waals surface area contributed by atoms with Gasteiger partial charge >= 0.3 is 5.97 Å². The molecule has 0 spiro atoms. The van der Waals surface area contributed by atoms with Crippen LogP contribution in [0.15, 0.2) is 60.7 Å². The molecule has 0 amide bonds. The summed E-state index contributed by atoms with van der Waals surface area (Å²) in [5, 5.41) is 9.47. The number of carboxylic acids is 1. The molecular formula is C38H16F10N4O2. The molecule has 7 aromatic rings.